The maximum absolute atomic E-state index is 12.8. The predicted molar refractivity (Wildman–Crippen MR) is 50.7 cm³/mol. The lowest BCUT2D eigenvalue weighted by Gasteiger charge is -2.19. The molecule has 0 saturated heterocycles. The molecule has 1 nitrogen and oxygen atoms in total. The molecular formula is C10H9FOS. The molecular weight excluding hydrogens is 187 g/mol. The third kappa shape index (κ3) is 1.61. The zero-order valence-electron chi connectivity index (χ0n) is 7.21. The Morgan fingerprint density at radius 2 is 2.31 bits per heavy atom. The molecule has 68 valence electrons. The summed E-state index contributed by atoms with van der Waals surface area (Å²) < 4.78 is 12.8. The Hall–Kier alpha value is -0.830. The molecule has 2 rings (SSSR count). The van der Waals surface area contributed by atoms with Crippen LogP contribution in [0.2, 0.25) is 0 Å². The molecule has 1 heterocycles. The highest BCUT2D eigenvalue weighted by Crippen LogP contribution is 2.34. The molecule has 0 fully saturated rings. The number of carbonyl (C=O) groups excluding carboxylic acids is 1. The summed E-state index contributed by atoms with van der Waals surface area (Å²) in [5, 5.41) is 0.311. The minimum Gasteiger partial charge on any atom is -0.294 e. The molecule has 0 aliphatic carbocycles. The molecule has 0 spiro atoms. The number of ketones is 1. The third-order valence-corrected chi connectivity index (χ3v) is 3.22. The first-order valence-corrected chi connectivity index (χ1v) is 5.04. The van der Waals surface area contributed by atoms with Gasteiger partial charge in [-0.3, -0.25) is 4.79 Å². The van der Waals surface area contributed by atoms with Gasteiger partial charge in [0.1, 0.15) is 5.82 Å². The number of hydrogen-bond acceptors (Lipinski definition) is 2. The zero-order valence-corrected chi connectivity index (χ0v) is 8.03. The normalized spacial score (nSPS) is 21.4. The average molecular weight is 196 g/mol. The van der Waals surface area contributed by atoms with Gasteiger partial charge in [0.2, 0.25) is 0 Å². The fraction of sp³-hybridized carbons (Fsp3) is 0.300. The van der Waals surface area contributed by atoms with E-state index in [-0.39, 0.29) is 11.6 Å². The first-order valence-electron chi connectivity index (χ1n) is 4.16. The van der Waals surface area contributed by atoms with Crippen LogP contribution in [-0.4, -0.2) is 11.0 Å². The van der Waals surface area contributed by atoms with Crippen molar-refractivity contribution >= 4 is 17.5 Å². The van der Waals surface area contributed by atoms with Crippen LogP contribution in [0.5, 0.6) is 0 Å². The van der Waals surface area contributed by atoms with Gasteiger partial charge in [0.15, 0.2) is 5.78 Å². The van der Waals surface area contributed by atoms with E-state index < -0.39 is 0 Å². The third-order valence-electron chi connectivity index (χ3n) is 2.04. The van der Waals surface area contributed by atoms with Gasteiger partial charge in [0.25, 0.3) is 0 Å². The van der Waals surface area contributed by atoms with Crippen LogP contribution in [0.4, 0.5) is 4.39 Å². The molecule has 1 aromatic carbocycles. The second-order valence-electron chi connectivity index (χ2n) is 3.20. The van der Waals surface area contributed by atoms with Crippen molar-refractivity contribution in [1.29, 1.82) is 0 Å². The molecule has 1 unspecified atom stereocenters. The van der Waals surface area contributed by atoms with Crippen molar-refractivity contribution in [1.82, 2.24) is 0 Å². The molecule has 0 bridgehead atoms. The highest BCUT2D eigenvalue weighted by molar-refractivity contribution is 8.00. The average Bonchev–Trinajstić information content (AvgIpc) is 2.06. The summed E-state index contributed by atoms with van der Waals surface area (Å²) in [6, 6.07) is 4.41. The number of Topliss-reactive ketones (excluding diaryl/α,β-unsaturated/α-hetero) is 1. The summed E-state index contributed by atoms with van der Waals surface area (Å²) >= 11 is 1.64. The summed E-state index contributed by atoms with van der Waals surface area (Å²) in [5.41, 5.74) is 0.545. The van der Waals surface area contributed by atoms with Crippen molar-refractivity contribution in [2.24, 2.45) is 0 Å². The van der Waals surface area contributed by atoms with Gasteiger partial charge in [-0.15, -0.1) is 11.8 Å². The quantitative estimate of drug-likeness (QED) is 0.634. The van der Waals surface area contributed by atoms with Crippen molar-refractivity contribution in [2.45, 2.75) is 23.5 Å². The maximum atomic E-state index is 12.8. The highest BCUT2D eigenvalue weighted by atomic mass is 32.2. The smallest absolute Gasteiger partial charge is 0.165 e. The molecule has 0 N–H and O–H groups in total. The van der Waals surface area contributed by atoms with Crippen molar-refractivity contribution in [2.75, 3.05) is 0 Å². The number of halogens is 1. The summed E-state index contributed by atoms with van der Waals surface area (Å²) in [5.74, 6) is -0.275. The Morgan fingerprint density at radius 1 is 1.54 bits per heavy atom. The van der Waals surface area contributed by atoms with Crippen LogP contribution >= 0.6 is 11.8 Å². The Balaban J connectivity index is 2.49. The lowest BCUT2D eigenvalue weighted by atomic mass is 10.1. The maximum Gasteiger partial charge on any atom is 0.165 e. The topological polar surface area (TPSA) is 17.1 Å². The Morgan fingerprint density at radius 3 is 3.08 bits per heavy atom. The number of hydrogen-bond donors (Lipinski definition) is 0. The molecule has 1 atom stereocenters. The standard InChI is InChI=1S/C10H9FOS/c1-6-4-9(12)8-5-7(11)2-3-10(8)13-6/h2-3,5-6H,4H2,1H3. The van der Waals surface area contributed by atoms with E-state index >= 15 is 0 Å². The van der Waals surface area contributed by atoms with Gasteiger partial charge < -0.3 is 0 Å². The molecule has 1 aromatic rings. The summed E-state index contributed by atoms with van der Waals surface area (Å²) in [6.07, 6.45) is 0.515. The van der Waals surface area contributed by atoms with Gasteiger partial charge in [-0.2, -0.15) is 0 Å². The molecule has 0 saturated carbocycles. The number of thioether (sulfide) groups is 1. The van der Waals surface area contributed by atoms with E-state index in [4.69, 9.17) is 0 Å². The molecule has 13 heavy (non-hydrogen) atoms. The monoisotopic (exact) mass is 196 g/mol. The number of fused-ring (bicyclic) bond motifs is 1. The minimum absolute atomic E-state index is 0.0563. The molecule has 0 radical (unpaired) electrons. The SMILES string of the molecule is CC1CC(=O)c2cc(F)ccc2S1. The van der Waals surface area contributed by atoms with Crippen LogP contribution in [0.25, 0.3) is 0 Å². The van der Waals surface area contributed by atoms with E-state index in [0.717, 1.165) is 4.90 Å². The molecule has 0 aromatic heterocycles. The van der Waals surface area contributed by atoms with E-state index in [0.29, 0.717) is 17.2 Å². The lowest BCUT2D eigenvalue weighted by Crippen LogP contribution is -2.14. The van der Waals surface area contributed by atoms with Crippen LogP contribution in [-0.2, 0) is 0 Å². The predicted octanol–water partition coefficient (Wildman–Crippen LogP) is 2.89. The van der Waals surface area contributed by atoms with Crippen molar-refractivity contribution in [3.8, 4) is 0 Å². The highest BCUT2D eigenvalue weighted by Gasteiger charge is 2.22. The number of benzene rings is 1. The Labute approximate surface area is 80.3 Å². The van der Waals surface area contributed by atoms with E-state index in [2.05, 4.69) is 0 Å². The Kier molecular flexibility index (Phi) is 2.12. The van der Waals surface area contributed by atoms with Crippen LogP contribution in [0.3, 0.4) is 0 Å². The van der Waals surface area contributed by atoms with Crippen molar-refractivity contribution in [3.63, 3.8) is 0 Å². The molecule has 3 heteroatoms. The zero-order chi connectivity index (χ0) is 9.42. The van der Waals surface area contributed by atoms with Gasteiger partial charge in [-0.1, -0.05) is 6.92 Å². The second kappa shape index (κ2) is 3.14. The van der Waals surface area contributed by atoms with Gasteiger partial charge >= 0.3 is 0 Å². The minimum atomic E-state index is -0.331. The van der Waals surface area contributed by atoms with Crippen LogP contribution in [0, 0.1) is 5.82 Å². The van der Waals surface area contributed by atoms with Gasteiger partial charge in [0, 0.05) is 22.1 Å². The van der Waals surface area contributed by atoms with Crippen molar-refractivity contribution in [3.05, 3.63) is 29.6 Å². The fourth-order valence-electron chi connectivity index (χ4n) is 1.45. The van der Waals surface area contributed by atoms with Gasteiger partial charge in [-0.05, 0) is 18.2 Å². The Bertz CT molecular complexity index is 362. The van der Waals surface area contributed by atoms with Gasteiger partial charge in [0.05, 0.1) is 0 Å². The number of rotatable bonds is 0. The summed E-state index contributed by atoms with van der Waals surface area (Å²) in [6.45, 7) is 2.01. The van der Waals surface area contributed by atoms with E-state index in [1.54, 1.807) is 17.8 Å². The first-order chi connectivity index (χ1) is 6.16. The van der Waals surface area contributed by atoms with E-state index in [1.165, 1.54) is 12.1 Å². The molecule has 0 amide bonds. The first kappa shape index (κ1) is 8.75. The molecule has 1 aliphatic heterocycles. The summed E-state index contributed by atoms with van der Waals surface area (Å²) in [7, 11) is 0. The molecule has 1 aliphatic rings. The van der Waals surface area contributed by atoms with Gasteiger partial charge in [-0.25, -0.2) is 4.39 Å². The lowest BCUT2D eigenvalue weighted by molar-refractivity contribution is 0.0977. The second-order valence-corrected chi connectivity index (χ2v) is 4.68. The number of carbonyl (C=O) groups is 1. The summed E-state index contributed by atoms with van der Waals surface area (Å²) in [4.78, 5) is 12.4. The van der Waals surface area contributed by atoms with E-state index in [9.17, 15) is 9.18 Å². The largest absolute Gasteiger partial charge is 0.294 e. The van der Waals surface area contributed by atoms with Crippen LogP contribution in [0.15, 0.2) is 23.1 Å². The van der Waals surface area contributed by atoms with Crippen LogP contribution in [0.1, 0.15) is 23.7 Å². The fourth-order valence-corrected chi connectivity index (χ4v) is 2.57. The van der Waals surface area contributed by atoms with Crippen LogP contribution < -0.4 is 0 Å². The van der Waals surface area contributed by atoms with Crippen molar-refractivity contribution < 1.29 is 9.18 Å². The van der Waals surface area contributed by atoms with E-state index in [1.807, 2.05) is 6.92 Å².